The van der Waals surface area contributed by atoms with Crippen molar-refractivity contribution in [1.29, 1.82) is 0 Å². The van der Waals surface area contributed by atoms with Gasteiger partial charge in [-0.3, -0.25) is 9.36 Å². The first-order valence-corrected chi connectivity index (χ1v) is 12.8. The predicted octanol–water partition coefficient (Wildman–Crippen LogP) is 3.47. The SMILES string of the molecule is O=c1c2cc(N3CC4(COC4)C3)ccc2c2cnc(NC3CC(F)(F)C3)nc2n1C1CCC(O)CC1. The van der Waals surface area contributed by atoms with Gasteiger partial charge in [0.05, 0.1) is 30.1 Å². The number of hydrogen-bond donors (Lipinski definition) is 2. The van der Waals surface area contributed by atoms with Crippen LogP contribution in [0.3, 0.4) is 0 Å². The van der Waals surface area contributed by atoms with Crippen LogP contribution in [0.25, 0.3) is 21.8 Å². The summed E-state index contributed by atoms with van der Waals surface area (Å²) in [4.78, 5) is 25.4. The molecule has 4 aliphatic rings. The second-order valence-electron chi connectivity index (χ2n) is 11.3. The van der Waals surface area contributed by atoms with E-state index in [9.17, 15) is 18.7 Å². The topological polar surface area (TPSA) is 92.5 Å². The number of ether oxygens (including phenoxy) is 1. The van der Waals surface area contributed by atoms with Gasteiger partial charge in [-0.05, 0) is 43.2 Å². The number of nitrogens with one attached hydrogen (secondary N) is 1. The van der Waals surface area contributed by atoms with Crippen LogP contribution in [-0.2, 0) is 4.74 Å². The summed E-state index contributed by atoms with van der Waals surface area (Å²) in [6.07, 6.45) is 3.47. The second kappa shape index (κ2) is 7.82. The number of pyridine rings is 1. The standard InChI is InChI=1S/C26H29F2N5O3/c27-26(28)8-15(9-26)30-24-29-10-21-19-6-3-17(32-11-25(12-32)13-36-14-25)7-20(19)23(35)33(22(21)31-24)16-1-4-18(34)5-2-16/h3,6-7,10,15-16,18,34H,1-2,4-5,8-9,11-14H2,(H,29,30,31). The summed E-state index contributed by atoms with van der Waals surface area (Å²) in [5.41, 5.74) is 1.69. The Bertz CT molecular complexity index is 1400. The van der Waals surface area contributed by atoms with Gasteiger partial charge in [0.2, 0.25) is 5.95 Å². The lowest BCUT2D eigenvalue weighted by Gasteiger charge is -2.56. The summed E-state index contributed by atoms with van der Waals surface area (Å²) in [5, 5.41) is 15.2. The third-order valence-corrected chi connectivity index (χ3v) is 8.43. The van der Waals surface area contributed by atoms with Gasteiger partial charge >= 0.3 is 0 Å². The maximum atomic E-state index is 14.0. The minimum absolute atomic E-state index is 0.0911. The van der Waals surface area contributed by atoms with Gasteiger partial charge < -0.3 is 20.1 Å². The average molecular weight is 498 g/mol. The Kier molecular flexibility index (Phi) is 4.86. The summed E-state index contributed by atoms with van der Waals surface area (Å²) < 4.78 is 33.8. The molecule has 36 heavy (non-hydrogen) atoms. The maximum Gasteiger partial charge on any atom is 0.260 e. The van der Waals surface area contributed by atoms with Crippen molar-refractivity contribution in [2.24, 2.45) is 5.41 Å². The van der Waals surface area contributed by atoms with Crippen LogP contribution in [0.5, 0.6) is 0 Å². The van der Waals surface area contributed by atoms with Gasteiger partial charge in [-0.2, -0.15) is 4.98 Å². The molecule has 0 radical (unpaired) electrons. The molecule has 2 aliphatic carbocycles. The number of aliphatic hydroxyl groups is 1. The summed E-state index contributed by atoms with van der Waals surface area (Å²) in [6, 6.07) is 5.50. The van der Waals surface area contributed by atoms with Crippen molar-refractivity contribution in [3.05, 3.63) is 34.7 Å². The Morgan fingerprint density at radius 3 is 2.47 bits per heavy atom. The molecule has 2 aliphatic heterocycles. The zero-order chi connectivity index (χ0) is 24.7. The lowest BCUT2D eigenvalue weighted by atomic mass is 9.77. The Morgan fingerprint density at radius 1 is 1.06 bits per heavy atom. The molecule has 8 nitrogen and oxygen atoms in total. The van der Waals surface area contributed by atoms with Crippen molar-refractivity contribution in [1.82, 2.24) is 14.5 Å². The lowest BCUT2D eigenvalue weighted by molar-refractivity contribution is -0.127. The van der Waals surface area contributed by atoms with Crippen LogP contribution >= 0.6 is 0 Å². The van der Waals surface area contributed by atoms with E-state index >= 15 is 0 Å². The normalized spacial score (nSPS) is 27.0. The van der Waals surface area contributed by atoms with Crippen molar-refractivity contribution in [3.8, 4) is 0 Å². The highest BCUT2D eigenvalue weighted by atomic mass is 19.3. The van der Waals surface area contributed by atoms with Gasteiger partial charge in [0.1, 0.15) is 5.65 Å². The van der Waals surface area contributed by atoms with Gasteiger partial charge in [-0.15, -0.1) is 0 Å². The molecule has 1 spiro atoms. The lowest BCUT2D eigenvalue weighted by Crippen LogP contribution is -2.66. The largest absolute Gasteiger partial charge is 0.393 e. The van der Waals surface area contributed by atoms with Crippen molar-refractivity contribution in [2.75, 3.05) is 36.5 Å². The Hall–Kier alpha value is -2.85. The summed E-state index contributed by atoms with van der Waals surface area (Å²) in [6.45, 7) is 3.46. The van der Waals surface area contributed by atoms with Crippen molar-refractivity contribution in [3.63, 3.8) is 0 Å². The van der Waals surface area contributed by atoms with Gasteiger partial charge in [-0.1, -0.05) is 6.07 Å². The van der Waals surface area contributed by atoms with Crippen LogP contribution in [0.1, 0.15) is 44.6 Å². The molecule has 10 heteroatoms. The zero-order valence-electron chi connectivity index (χ0n) is 19.9. The molecular weight excluding hydrogens is 468 g/mol. The number of halogens is 2. The number of nitrogens with zero attached hydrogens (tertiary/aromatic N) is 4. The average Bonchev–Trinajstić information content (AvgIpc) is 2.77. The van der Waals surface area contributed by atoms with E-state index in [1.165, 1.54) is 0 Å². The molecule has 7 rings (SSSR count). The third kappa shape index (κ3) is 3.56. The highest BCUT2D eigenvalue weighted by Crippen LogP contribution is 2.42. The van der Waals surface area contributed by atoms with E-state index in [1.54, 1.807) is 10.8 Å². The molecule has 4 fully saturated rings. The van der Waals surface area contributed by atoms with E-state index in [0.29, 0.717) is 36.7 Å². The zero-order valence-corrected chi connectivity index (χ0v) is 19.9. The number of aliphatic hydroxyl groups excluding tert-OH is 1. The molecule has 2 N–H and O–H groups in total. The Labute approximate surface area is 206 Å². The van der Waals surface area contributed by atoms with Crippen LogP contribution in [0.2, 0.25) is 0 Å². The number of rotatable bonds is 4. The fourth-order valence-electron chi connectivity index (χ4n) is 6.30. The summed E-state index contributed by atoms with van der Waals surface area (Å²) in [5.74, 6) is -2.38. The van der Waals surface area contributed by atoms with Crippen LogP contribution in [-0.4, -0.2) is 64.0 Å². The number of alkyl halides is 2. The minimum Gasteiger partial charge on any atom is -0.393 e. The molecule has 2 saturated carbocycles. The van der Waals surface area contributed by atoms with E-state index in [0.717, 1.165) is 42.8 Å². The maximum absolute atomic E-state index is 14.0. The molecule has 2 saturated heterocycles. The predicted molar refractivity (Wildman–Crippen MR) is 132 cm³/mol. The highest BCUT2D eigenvalue weighted by molar-refractivity contribution is 6.05. The molecule has 4 heterocycles. The smallest absolute Gasteiger partial charge is 0.260 e. The van der Waals surface area contributed by atoms with Crippen molar-refractivity contribution in [2.45, 2.75) is 62.6 Å². The molecule has 3 aromatic rings. The van der Waals surface area contributed by atoms with Crippen LogP contribution in [0.4, 0.5) is 20.4 Å². The van der Waals surface area contributed by atoms with Gasteiger partial charge in [-0.25, -0.2) is 13.8 Å². The fourth-order valence-corrected chi connectivity index (χ4v) is 6.30. The first kappa shape index (κ1) is 22.4. The number of benzene rings is 1. The Morgan fingerprint density at radius 2 is 1.81 bits per heavy atom. The van der Waals surface area contributed by atoms with Gasteiger partial charge in [0.15, 0.2) is 0 Å². The summed E-state index contributed by atoms with van der Waals surface area (Å²) in [7, 11) is 0. The van der Waals surface area contributed by atoms with E-state index in [1.807, 2.05) is 18.2 Å². The third-order valence-electron chi connectivity index (χ3n) is 8.43. The molecule has 0 unspecified atom stereocenters. The summed E-state index contributed by atoms with van der Waals surface area (Å²) >= 11 is 0. The van der Waals surface area contributed by atoms with Gasteiger partial charge in [0.25, 0.3) is 11.5 Å². The van der Waals surface area contributed by atoms with Crippen LogP contribution in [0, 0.1) is 5.41 Å². The number of aromatic nitrogens is 3. The quantitative estimate of drug-likeness (QED) is 0.534. The van der Waals surface area contributed by atoms with Gasteiger partial charge in [0, 0.05) is 55.3 Å². The second-order valence-corrected chi connectivity index (χ2v) is 11.3. The highest BCUT2D eigenvalue weighted by Gasteiger charge is 2.49. The van der Waals surface area contributed by atoms with Crippen molar-refractivity contribution < 1.29 is 18.6 Å². The molecular formula is C26H29F2N5O3. The Balaban J connectivity index is 1.31. The number of fused-ring (bicyclic) bond motifs is 3. The van der Waals surface area contributed by atoms with E-state index in [-0.39, 0.29) is 48.0 Å². The molecule has 0 amide bonds. The van der Waals surface area contributed by atoms with E-state index < -0.39 is 5.92 Å². The molecule has 190 valence electrons. The van der Waals surface area contributed by atoms with Crippen molar-refractivity contribution >= 4 is 33.4 Å². The molecule has 0 bridgehead atoms. The van der Waals surface area contributed by atoms with Crippen LogP contribution < -0.4 is 15.8 Å². The minimum atomic E-state index is -2.64. The molecule has 1 aromatic carbocycles. The first-order chi connectivity index (χ1) is 17.3. The first-order valence-electron chi connectivity index (χ1n) is 12.8. The van der Waals surface area contributed by atoms with Crippen LogP contribution in [0.15, 0.2) is 29.2 Å². The monoisotopic (exact) mass is 497 g/mol. The van der Waals surface area contributed by atoms with E-state index in [2.05, 4.69) is 20.2 Å². The molecule has 2 aromatic heterocycles. The molecule has 0 atom stereocenters. The van der Waals surface area contributed by atoms with E-state index in [4.69, 9.17) is 4.74 Å². The number of anilines is 2. The fraction of sp³-hybridized carbons (Fsp3) is 0.577. The number of hydrogen-bond acceptors (Lipinski definition) is 7.